The van der Waals surface area contributed by atoms with E-state index in [9.17, 15) is 19.7 Å². The van der Waals surface area contributed by atoms with E-state index in [1.807, 2.05) is 0 Å². The summed E-state index contributed by atoms with van der Waals surface area (Å²) in [5.41, 5.74) is 0. The highest BCUT2D eigenvalue weighted by Crippen LogP contribution is 2.48. The van der Waals surface area contributed by atoms with Crippen LogP contribution >= 0.6 is 7.82 Å². The van der Waals surface area contributed by atoms with Gasteiger partial charge in [0.15, 0.2) is 12.1 Å². The van der Waals surface area contributed by atoms with Crippen molar-refractivity contribution in [1.82, 2.24) is 0 Å². The van der Waals surface area contributed by atoms with Crippen molar-refractivity contribution >= 4 is 7.82 Å². The molecule has 3 N–H and O–H groups in total. The Kier molecular flexibility index (Phi) is 17.1. The zero-order valence-electron chi connectivity index (χ0n) is 21.8. The average molecular weight is 511 g/mol. The van der Waals surface area contributed by atoms with Gasteiger partial charge in [-0.1, -0.05) is 90.4 Å². The fraction of sp³-hybridized carbons (Fsp3) is 1.00. The second-order valence-corrected chi connectivity index (χ2v) is 11.4. The van der Waals surface area contributed by atoms with E-state index >= 15 is 0 Å². The maximum atomic E-state index is 12.3. The Labute approximate surface area is 207 Å². The Morgan fingerprint density at radius 3 is 1.88 bits per heavy atom. The summed E-state index contributed by atoms with van der Waals surface area (Å²) < 4.78 is 33.8. The molecule has 1 saturated heterocycles. The van der Waals surface area contributed by atoms with Crippen molar-refractivity contribution in [3.63, 3.8) is 0 Å². The zero-order chi connectivity index (χ0) is 25.3. The van der Waals surface area contributed by atoms with Crippen LogP contribution in [0.1, 0.15) is 124 Å². The molecule has 0 bridgehead atoms. The molecule has 0 saturated carbocycles. The lowest BCUT2D eigenvalue weighted by molar-refractivity contribution is -0.269. The Morgan fingerprint density at radius 1 is 0.912 bits per heavy atom. The Balaban J connectivity index is 2.08. The van der Waals surface area contributed by atoms with Gasteiger partial charge in [-0.2, -0.15) is 0 Å². The van der Waals surface area contributed by atoms with E-state index in [1.165, 1.54) is 84.5 Å². The number of aliphatic hydroxyl groups excluding tert-OH is 1. The number of phosphoric acid groups is 1. The summed E-state index contributed by atoms with van der Waals surface area (Å²) in [7, 11) is -4.25. The molecule has 0 aliphatic carbocycles. The van der Waals surface area contributed by atoms with Gasteiger partial charge in [-0.05, 0) is 26.7 Å². The number of unbranched alkanes of at least 4 members (excludes halogenated alkanes) is 13. The minimum Gasteiger partial charge on any atom is -0.396 e. The van der Waals surface area contributed by atoms with Gasteiger partial charge in [0.1, 0.15) is 6.10 Å². The summed E-state index contributed by atoms with van der Waals surface area (Å²) in [6.07, 6.45) is 15.6. The summed E-state index contributed by atoms with van der Waals surface area (Å²) in [5, 5.41) is 19.0. The Bertz CT molecular complexity index is 539. The van der Waals surface area contributed by atoms with Gasteiger partial charge < -0.3 is 24.6 Å². The molecule has 1 fully saturated rings. The van der Waals surface area contributed by atoms with Crippen molar-refractivity contribution in [3.8, 4) is 0 Å². The van der Waals surface area contributed by atoms with E-state index in [2.05, 4.69) is 6.92 Å². The third-order valence-corrected chi connectivity index (χ3v) is 7.07. The number of hydrogen-bond acceptors (Lipinski definition) is 7. The molecule has 3 unspecified atom stereocenters. The molecule has 34 heavy (non-hydrogen) atoms. The molecule has 1 aliphatic heterocycles. The second kappa shape index (κ2) is 18.2. The van der Waals surface area contributed by atoms with Gasteiger partial charge in [0, 0.05) is 13.0 Å². The predicted octanol–water partition coefficient (Wildman–Crippen LogP) is 6.21. The van der Waals surface area contributed by atoms with E-state index in [4.69, 9.17) is 18.5 Å². The highest BCUT2D eigenvalue weighted by atomic mass is 31.2. The average Bonchev–Trinajstić information content (AvgIpc) is 3.09. The van der Waals surface area contributed by atoms with Crippen molar-refractivity contribution in [1.29, 1.82) is 0 Å². The molecule has 0 aromatic heterocycles. The van der Waals surface area contributed by atoms with Crippen molar-refractivity contribution < 1.29 is 38.2 Å². The monoisotopic (exact) mass is 510 g/mol. The number of phosphoric ester groups is 1. The van der Waals surface area contributed by atoms with E-state index in [0.29, 0.717) is 6.42 Å². The standard InChI is InChI=1S/C25H51O8P/c1-4-5-6-7-8-9-10-11-12-13-14-15-16-17-20-30-34(28,29)33-23-21-24(32-25(2,3)27)31-22(23)18-19-26/h22-24,26-27H,4-21H2,1-3H3,(H,28,29)/t22?,23?,24-/m1/s1. The van der Waals surface area contributed by atoms with Crippen LogP contribution in [0, 0.1) is 0 Å². The minimum atomic E-state index is -4.25. The highest BCUT2D eigenvalue weighted by Gasteiger charge is 2.42. The summed E-state index contributed by atoms with van der Waals surface area (Å²) in [6, 6.07) is 0. The third kappa shape index (κ3) is 16.6. The summed E-state index contributed by atoms with van der Waals surface area (Å²) in [6.45, 7) is 5.20. The van der Waals surface area contributed by atoms with Gasteiger partial charge in [-0.3, -0.25) is 9.05 Å². The third-order valence-electron chi connectivity index (χ3n) is 6.02. The minimum absolute atomic E-state index is 0.157. The molecule has 0 aromatic carbocycles. The molecular formula is C25H51O8P. The van der Waals surface area contributed by atoms with Gasteiger partial charge in [0.25, 0.3) is 0 Å². The molecular weight excluding hydrogens is 459 g/mol. The Morgan fingerprint density at radius 2 is 1.41 bits per heavy atom. The van der Waals surface area contributed by atoms with E-state index in [1.54, 1.807) is 0 Å². The smallest absolute Gasteiger partial charge is 0.396 e. The number of rotatable bonds is 22. The van der Waals surface area contributed by atoms with Crippen molar-refractivity contribution in [2.24, 2.45) is 0 Å². The molecule has 204 valence electrons. The van der Waals surface area contributed by atoms with E-state index < -0.39 is 32.1 Å². The quantitative estimate of drug-likeness (QED) is 0.0894. The normalized spacial score (nSPS) is 22.8. The lowest BCUT2D eigenvalue weighted by atomic mass is 10.0. The van der Waals surface area contributed by atoms with Crippen LogP contribution in [0.5, 0.6) is 0 Å². The van der Waals surface area contributed by atoms with Gasteiger partial charge in [-0.25, -0.2) is 4.57 Å². The maximum absolute atomic E-state index is 12.3. The molecule has 9 heteroatoms. The lowest BCUT2D eigenvalue weighted by Crippen LogP contribution is -2.30. The first-order valence-corrected chi connectivity index (χ1v) is 15.0. The van der Waals surface area contributed by atoms with Crippen LogP contribution in [-0.4, -0.2) is 52.6 Å². The van der Waals surface area contributed by atoms with E-state index in [-0.39, 0.29) is 26.1 Å². The molecule has 8 nitrogen and oxygen atoms in total. The second-order valence-electron chi connectivity index (χ2n) is 9.96. The number of ether oxygens (including phenoxy) is 2. The maximum Gasteiger partial charge on any atom is 0.472 e. The van der Waals surface area contributed by atoms with Crippen LogP contribution in [0.15, 0.2) is 0 Å². The van der Waals surface area contributed by atoms with Crippen LogP contribution in [-0.2, 0) is 23.1 Å². The topological polar surface area (TPSA) is 115 Å². The van der Waals surface area contributed by atoms with Crippen LogP contribution in [0.25, 0.3) is 0 Å². The van der Waals surface area contributed by atoms with Gasteiger partial charge in [0.05, 0.1) is 12.7 Å². The van der Waals surface area contributed by atoms with Crippen LogP contribution < -0.4 is 0 Å². The van der Waals surface area contributed by atoms with Crippen molar-refractivity contribution in [2.75, 3.05) is 13.2 Å². The van der Waals surface area contributed by atoms with Crippen LogP contribution in [0.3, 0.4) is 0 Å². The van der Waals surface area contributed by atoms with Gasteiger partial charge in [0.2, 0.25) is 0 Å². The van der Waals surface area contributed by atoms with Gasteiger partial charge in [-0.15, -0.1) is 0 Å². The molecule has 0 spiro atoms. The molecule has 1 rings (SSSR count). The van der Waals surface area contributed by atoms with Gasteiger partial charge >= 0.3 is 7.82 Å². The first kappa shape index (κ1) is 32.0. The first-order valence-electron chi connectivity index (χ1n) is 13.5. The van der Waals surface area contributed by atoms with Crippen LogP contribution in [0.4, 0.5) is 0 Å². The first-order chi connectivity index (χ1) is 16.2. The molecule has 0 amide bonds. The largest absolute Gasteiger partial charge is 0.472 e. The molecule has 1 heterocycles. The molecule has 1 aliphatic rings. The van der Waals surface area contributed by atoms with Crippen molar-refractivity contribution in [2.45, 2.75) is 148 Å². The molecule has 0 aromatic rings. The Hall–Kier alpha value is -0.0500. The summed E-state index contributed by atoms with van der Waals surface area (Å²) in [5.74, 6) is -1.41. The molecule has 4 atom stereocenters. The lowest BCUT2D eigenvalue weighted by Gasteiger charge is -2.23. The van der Waals surface area contributed by atoms with Crippen molar-refractivity contribution in [3.05, 3.63) is 0 Å². The fourth-order valence-electron chi connectivity index (χ4n) is 4.25. The highest BCUT2D eigenvalue weighted by molar-refractivity contribution is 7.47. The fourth-order valence-corrected chi connectivity index (χ4v) is 5.23. The van der Waals surface area contributed by atoms with E-state index in [0.717, 1.165) is 12.8 Å². The predicted molar refractivity (Wildman–Crippen MR) is 133 cm³/mol. The summed E-state index contributed by atoms with van der Waals surface area (Å²) >= 11 is 0. The van der Waals surface area contributed by atoms with Crippen LogP contribution in [0.2, 0.25) is 0 Å². The number of hydrogen-bond donors (Lipinski definition) is 3. The zero-order valence-corrected chi connectivity index (χ0v) is 22.7. The number of aliphatic hydroxyl groups is 2. The summed E-state index contributed by atoms with van der Waals surface area (Å²) in [4.78, 5) is 10.1. The SMILES string of the molecule is CCCCCCCCCCCCCCCCOP(=O)(O)OC1C[C@@H](OC(C)(C)O)OC1CCO. The molecule has 0 radical (unpaired) electrons.